The molecule has 24 heavy (non-hydrogen) atoms. The van der Waals surface area contributed by atoms with Crippen LogP contribution in [0.25, 0.3) is 0 Å². The van der Waals surface area contributed by atoms with E-state index >= 15 is 0 Å². The van der Waals surface area contributed by atoms with E-state index in [9.17, 15) is 26.3 Å². The minimum absolute atomic E-state index is 0.311. The molecular weight excluding hydrogens is 346 g/mol. The first-order valence-electron chi connectivity index (χ1n) is 5.85. The molecule has 0 bridgehead atoms. The number of guanidine groups is 1. The molecule has 1 rings (SSSR count). The molecule has 12 heteroatoms. The summed E-state index contributed by atoms with van der Waals surface area (Å²) in [6.07, 6.45) is -9.63. The summed E-state index contributed by atoms with van der Waals surface area (Å²) < 4.78 is 76.1. The zero-order valence-electron chi connectivity index (χ0n) is 12.0. The maximum atomic E-state index is 12.7. The van der Waals surface area contributed by atoms with Gasteiger partial charge in [0.25, 0.3) is 5.97 Å². The van der Waals surface area contributed by atoms with Crippen LogP contribution in [0.4, 0.5) is 26.3 Å². The highest BCUT2D eigenvalue weighted by molar-refractivity contribution is 5.85. The van der Waals surface area contributed by atoms with Gasteiger partial charge in [-0.15, -0.1) is 5.10 Å². The molecule has 0 aliphatic rings. The van der Waals surface area contributed by atoms with Crippen molar-refractivity contribution in [2.45, 2.75) is 19.3 Å². The molecule has 5 N–H and O–H groups in total. The standard InChI is InChI=1S/C10H8F6N4.C2H4O2/c11-9(12,13)6-2-1-3-7(10(14,15)16)5(6)4-19-20-8(17)18;1-2(3)4/h1-4H,(H4,17,18,20);1H3,(H,3,4). The van der Waals surface area contributed by atoms with Gasteiger partial charge in [-0.25, -0.2) is 0 Å². The number of carbonyl (C=O) groups is 1. The SMILES string of the molecule is CC(=O)O.NC(N)=NN=Cc1c(C(F)(F)F)cccc1C(F)(F)F. The zero-order chi connectivity index (χ0) is 19.1. The predicted octanol–water partition coefficient (Wildman–Crippen LogP) is 2.42. The Hall–Kier alpha value is -2.79. The molecule has 0 saturated heterocycles. The van der Waals surface area contributed by atoms with Gasteiger partial charge in [-0.2, -0.15) is 31.4 Å². The molecule has 1 aromatic rings. The third kappa shape index (κ3) is 7.47. The number of hydrogen-bond donors (Lipinski definition) is 3. The number of carboxylic acid groups (broad SMARTS) is 1. The first kappa shape index (κ1) is 21.2. The third-order valence-corrected chi connectivity index (χ3v) is 2.08. The van der Waals surface area contributed by atoms with Gasteiger partial charge in [-0.05, 0) is 12.1 Å². The van der Waals surface area contributed by atoms with Crippen LogP contribution in [-0.2, 0) is 17.1 Å². The largest absolute Gasteiger partial charge is 0.481 e. The minimum atomic E-state index is -4.97. The summed E-state index contributed by atoms with van der Waals surface area (Å²) in [5, 5.41) is 13.4. The van der Waals surface area contributed by atoms with Crippen LogP contribution in [0.2, 0.25) is 0 Å². The van der Waals surface area contributed by atoms with Gasteiger partial charge in [-0.3, -0.25) is 4.79 Å². The topological polar surface area (TPSA) is 114 Å². The Kier molecular flexibility index (Phi) is 7.22. The molecule has 0 heterocycles. The molecule has 0 aromatic heterocycles. The van der Waals surface area contributed by atoms with Crippen LogP contribution in [0, 0.1) is 0 Å². The Labute approximate surface area is 131 Å². The predicted molar refractivity (Wildman–Crippen MR) is 73.2 cm³/mol. The normalized spacial score (nSPS) is 11.6. The monoisotopic (exact) mass is 358 g/mol. The molecular formula is C12H12F6N4O2. The van der Waals surface area contributed by atoms with Crippen LogP contribution in [0.1, 0.15) is 23.6 Å². The number of rotatable bonds is 2. The summed E-state index contributed by atoms with van der Waals surface area (Å²) in [4.78, 5) is 9.00. The van der Waals surface area contributed by atoms with E-state index in [1.807, 2.05) is 0 Å². The summed E-state index contributed by atoms with van der Waals surface area (Å²) in [5.41, 5.74) is 5.62. The van der Waals surface area contributed by atoms with Gasteiger partial charge in [0.1, 0.15) is 0 Å². The number of halogens is 6. The summed E-state index contributed by atoms with van der Waals surface area (Å²) in [6.45, 7) is 1.08. The van der Waals surface area contributed by atoms with Gasteiger partial charge in [-0.1, -0.05) is 6.07 Å². The first-order valence-corrected chi connectivity index (χ1v) is 5.85. The molecule has 0 unspecified atom stereocenters. The molecule has 0 spiro atoms. The molecule has 6 nitrogen and oxygen atoms in total. The fourth-order valence-electron chi connectivity index (χ4n) is 1.35. The van der Waals surface area contributed by atoms with E-state index in [0.717, 1.165) is 6.92 Å². The second kappa shape index (κ2) is 8.17. The fourth-order valence-corrected chi connectivity index (χ4v) is 1.35. The number of nitrogens with two attached hydrogens (primary N) is 2. The number of hydrogen-bond acceptors (Lipinski definition) is 3. The van der Waals surface area contributed by atoms with E-state index in [4.69, 9.17) is 21.4 Å². The molecule has 0 aliphatic carbocycles. The molecule has 0 saturated carbocycles. The van der Waals surface area contributed by atoms with Crippen molar-refractivity contribution in [3.63, 3.8) is 0 Å². The fraction of sp³-hybridized carbons (Fsp3) is 0.250. The van der Waals surface area contributed by atoms with Crippen LogP contribution in [0.5, 0.6) is 0 Å². The highest BCUT2D eigenvalue weighted by Gasteiger charge is 2.40. The second-order valence-corrected chi connectivity index (χ2v) is 4.05. The molecule has 0 radical (unpaired) electrons. The van der Waals surface area contributed by atoms with Crippen molar-refractivity contribution in [1.29, 1.82) is 0 Å². The second-order valence-electron chi connectivity index (χ2n) is 4.05. The van der Waals surface area contributed by atoms with Crippen molar-refractivity contribution in [2.24, 2.45) is 21.7 Å². The Bertz CT molecular complexity index is 597. The average molecular weight is 358 g/mol. The summed E-state index contributed by atoms with van der Waals surface area (Å²) >= 11 is 0. The van der Waals surface area contributed by atoms with Crippen molar-refractivity contribution in [2.75, 3.05) is 0 Å². The zero-order valence-corrected chi connectivity index (χ0v) is 12.0. The number of carboxylic acids is 1. The quantitative estimate of drug-likeness (QED) is 0.326. The molecule has 0 aliphatic heterocycles. The van der Waals surface area contributed by atoms with Gasteiger partial charge in [0.05, 0.1) is 17.3 Å². The van der Waals surface area contributed by atoms with Crippen molar-refractivity contribution in [1.82, 2.24) is 0 Å². The highest BCUT2D eigenvalue weighted by Crippen LogP contribution is 2.38. The maximum absolute atomic E-state index is 12.7. The summed E-state index contributed by atoms with van der Waals surface area (Å²) in [5.74, 6) is -1.43. The van der Waals surface area contributed by atoms with Gasteiger partial charge >= 0.3 is 12.4 Å². The van der Waals surface area contributed by atoms with Crippen LogP contribution < -0.4 is 11.5 Å². The lowest BCUT2D eigenvalue weighted by molar-refractivity contribution is -0.143. The van der Waals surface area contributed by atoms with Crippen LogP contribution in [-0.4, -0.2) is 23.2 Å². The third-order valence-electron chi connectivity index (χ3n) is 2.08. The molecule has 134 valence electrons. The van der Waals surface area contributed by atoms with Crippen molar-refractivity contribution >= 4 is 18.1 Å². The van der Waals surface area contributed by atoms with Crippen molar-refractivity contribution < 1.29 is 36.2 Å². The van der Waals surface area contributed by atoms with Crippen LogP contribution in [0.3, 0.4) is 0 Å². The van der Waals surface area contributed by atoms with Gasteiger partial charge < -0.3 is 16.6 Å². The number of nitrogens with zero attached hydrogens (tertiary/aromatic N) is 2. The Balaban J connectivity index is 0.00000118. The van der Waals surface area contributed by atoms with Gasteiger partial charge in [0.2, 0.25) is 5.96 Å². The van der Waals surface area contributed by atoms with E-state index in [1.54, 1.807) is 0 Å². The lowest BCUT2D eigenvalue weighted by Crippen LogP contribution is -2.22. The maximum Gasteiger partial charge on any atom is 0.417 e. The molecule has 1 aromatic carbocycles. The van der Waals surface area contributed by atoms with E-state index in [0.29, 0.717) is 24.4 Å². The van der Waals surface area contributed by atoms with Gasteiger partial charge in [0.15, 0.2) is 0 Å². The van der Waals surface area contributed by atoms with Gasteiger partial charge in [0, 0.05) is 12.5 Å². The van der Waals surface area contributed by atoms with E-state index in [2.05, 4.69) is 10.2 Å². The number of aliphatic carboxylic acids is 1. The Morgan fingerprint density at radius 3 is 1.75 bits per heavy atom. The smallest absolute Gasteiger partial charge is 0.417 e. The lowest BCUT2D eigenvalue weighted by Gasteiger charge is -2.15. The van der Waals surface area contributed by atoms with Crippen LogP contribution >= 0.6 is 0 Å². The van der Waals surface area contributed by atoms with Crippen LogP contribution in [0.15, 0.2) is 28.4 Å². The summed E-state index contributed by atoms with van der Waals surface area (Å²) in [6, 6.07) is 1.67. The van der Waals surface area contributed by atoms with E-state index in [1.165, 1.54) is 0 Å². The average Bonchev–Trinajstić information content (AvgIpc) is 2.35. The molecule has 0 atom stereocenters. The van der Waals surface area contributed by atoms with Crippen molar-refractivity contribution in [3.05, 3.63) is 34.9 Å². The minimum Gasteiger partial charge on any atom is -0.481 e. The van der Waals surface area contributed by atoms with E-state index < -0.39 is 41.0 Å². The highest BCUT2D eigenvalue weighted by atomic mass is 19.4. The number of benzene rings is 1. The Morgan fingerprint density at radius 2 is 1.46 bits per heavy atom. The molecule has 0 amide bonds. The molecule has 0 fully saturated rings. The summed E-state index contributed by atoms with van der Waals surface area (Å²) in [7, 11) is 0. The van der Waals surface area contributed by atoms with E-state index in [-0.39, 0.29) is 0 Å². The first-order chi connectivity index (χ1) is 10.8. The van der Waals surface area contributed by atoms with Crippen molar-refractivity contribution in [3.8, 4) is 0 Å². The Morgan fingerprint density at radius 1 is 1.08 bits per heavy atom. The lowest BCUT2D eigenvalue weighted by atomic mass is 10.0. The number of alkyl halides is 6.